The average molecular weight is 399 g/mol. The van der Waals surface area contributed by atoms with Crippen LogP contribution >= 0.6 is 0 Å². The van der Waals surface area contributed by atoms with Gasteiger partial charge in [-0.3, -0.25) is 0 Å². The quantitative estimate of drug-likeness (QED) is 0.640. The third kappa shape index (κ3) is 3.59. The molecule has 0 unspecified atom stereocenters. The van der Waals surface area contributed by atoms with Crippen molar-refractivity contribution in [2.75, 3.05) is 0 Å². The molecule has 2 aliphatic rings. The number of carbonyl (C=O) groups is 1. The van der Waals surface area contributed by atoms with Gasteiger partial charge in [0.25, 0.3) is 0 Å². The number of nitrogens with zero attached hydrogens (tertiary/aromatic N) is 2. The van der Waals surface area contributed by atoms with E-state index in [1.54, 1.807) is 0 Å². The maximum atomic E-state index is 13.5. The first-order valence-corrected chi connectivity index (χ1v) is 10.6. The van der Waals surface area contributed by atoms with Crippen molar-refractivity contribution >= 4 is 6.03 Å². The van der Waals surface area contributed by atoms with Crippen molar-refractivity contribution in [2.45, 2.75) is 43.6 Å². The number of aliphatic hydroxyl groups excluding tert-OH is 1. The van der Waals surface area contributed by atoms with Crippen molar-refractivity contribution < 1.29 is 9.90 Å². The molecule has 152 valence electrons. The van der Waals surface area contributed by atoms with Crippen LogP contribution < -0.4 is 0 Å². The van der Waals surface area contributed by atoms with Gasteiger partial charge in [-0.2, -0.15) is 0 Å². The normalized spacial score (nSPS) is 25.2. The molecule has 0 spiro atoms. The molecule has 4 nitrogen and oxygen atoms in total. The predicted molar refractivity (Wildman–Crippen MR) is 117 cm³/mol. The molecule has 0 saturated carbocycles. The van der Waals surface area contributed by atoms with Gasteiger partial charge in [0.1, 0.15) is 0 Å². The SMILES string of the molecule is O=C1N(Cc2ccccc2)[C@H](Cc2ccccc2)[C@H](O)[C@H]2[C@@H](Cc3ccccc3)N12. The lowest BCUT2D eigenvalue weighted by atomic mass is 9.94. The molecule has 2 heterocycles. The second-order valence-corrected chi connectivity index (χ2v) is 8.30. The Morgan fingerprint density at radius 2 is 1.13 bits per heavy atom. The van der Waals surface area contributed by atoms with E-state index in [0.717, 1.165) is 17.5 Å². The van der Waals surface area contributed by atoms with Crippen LogP contribution in [0.15, 0.2) is 91.0 Å². The molecule has 1 N–H and O–H groups in total. The highest BCUT2D eigenvalue weighted by Gasteiger charge is 2.62. The fraction of sp³-hybridized carbons (Fsp3) is 0.269. The molecule has 3 aromatic carbocycles. The summed E-state index contributed by atoms with van der Waals surface area (Å²) in [5.41, 5.74) is 3.42. The second-order valence-electron chi connectivity index (χ2n) is 8.30. The van der Waals surface area contributed by atoms with Crippen molar-refractivity contribution in [3.8, 4) is 0 Å². The first kappa shape index (κ1) is 18.9. The fourth-order valence-corrected chi connectivity index (χ4v) is 4.79. The molecule has 2 fully saturated rings. The van der Waals surface area contributed by atoms with E-state index in [-0.39, 0.29) is 24.2 Å². The summed E-state index contributed by atoms with van der Waals surface area (Å²) in [6.07, 6.45) is 0.870. The first-order valence-electron chi connectivity index (χ1n) is 10.6. The van der Waals surface area contributed by atoms with E-state index in [1.165, 1.54) is 5.56 Å². The number of hydrogen-bond acceptors (Lipinski definition) is 2. The number of fused-ring (bicyclic) bond motifs is 1. The number of urea groups is 1. The molecule has 2 saturated heterocycles. The zero-order valence-electron chi connectivity index (χ0n) is 16.8. The Bertz CT molecular complexity index is 993. The Morgan fingerprint density at radius 1 is 0.667 bits per heavy atom. The number of hydrogen-bond donors (Lipinski definition) is 1. The molecule has 5 rings (SSSR count). The summed E-state index contributed by atoms with van der Waals surface area (Å²) in [7, 11) is 0. The second kappa shape index (κ2) is 7.96. The zero-order chi connectivity index (χ0) is 20.5. The molecule has 2 amide bonds. The summed E-state index contributed by atoms with van der Waals surface area (Å²) < 4.78 is 0. The third-order valence-corrected chi connectivity index (χ3v) is 6.37. The molecule has 0 aliphatic carbocycles. The van der Waals surface area contributed by atoms with E-state index in [4.69, 9.17) is 0 Å². The minimum Gasteiger partial charge on any atom is -0.389 e. The van der Waals surface area contributed by atoms with E-state index in [2.05, 4.69) is 24.3 Å². The largest absolute Gasteiger partial charge is 0.389 e. The van der Waals surface area contributed by atoms with Crippen molar-refractivity contribution in [3.05, 3.63) is 108 Å². The summed E-state index contributed by atoms with van der Waals surface area (Å²) in [5, 5.41) is 11.3. The van der Waals surface area contributed by atoms with E-state index in [0.29, 0.717) is 13.0 Å². The molecule has 0 radical (unpaired) electrons. The molecule has 30 heavy (non-hydrogen) atoms. The van der Waals surface area contributed by atoms with Crippen molar-refractivity contribution in [1.82, 2.24) is 9.80 Å². The lowest BCUT2D eigenvalue weighted by Crippen LogP contribution is -2.56. The molecule has 4 atom stereocenters. The monoisotopic (exact) mass is 398 g/mol. The molecular weight excluding hydrogens is 372 g/mol. The predicted octanol–water partition coefficient (Wildman–Crippen LogP) is 3.89. The van der Waals surface area contributed by atoms with Gasteiger partial charge >= 0.3 is 6.03 Å². The summed E-state index contributed by atoms with van der Waals surface area (Å²) in [4.78, 5) is 17.2. The van der Waals surface area contributed by atoms with Gasteiger partial charge in [-0.25, -0.2) is 4.79 Å². The van der Waals surface area contributed by atoms with Crippen molar-refractivity contribution in [3.63, 3.8) is 0 Å². The number of carbonyl (C=O) groups excluding carboxylic acids is 1. The van der Waals surface area contributed by atoms with Crippen molar-refractivity contribution in [2.24, 2.45) is 0 Å². The minimum atomic E-state index is -0.569. The molecular formula is C26H26N2O2. The highest BCUT2D eigenvalue weighted by Crippen LogP contribution is 2.42. The van der Waals surface area contributed by atoms with Gasteiger partial charge in [0, 0.05) is 6.54 Å². The van der Waals surface area contributed by atoms with Crippen molar-refractivity contribution in [1.29, 1.82) is 0 Å². The smallest absolute Gasteiger partial charge is 0.321 e. The van der Waals surface area contributed by atoms with Gasteiger partial charge in [-0.15, -0.1) is 0 Å². The molecule has 2 aliphatic heterocycles. The standard InChI is InChI=1S/C26H26N2O2/c29-25-23(17-20-12-6-2-7-13-20)27(18-21-14-8-3-9-15-21)26(30)28-22(24(25)28)16-19-10-4-1-5-11-19/h1-15,22-25,29H,16-18H2/t22-,23-,24-,25+,28?/m1/s1. The van der Waals surface area contributed by atoms with Crippen LogP contribution in [0.2, 0.25) is 0 Å². The summed E-state index contributed by atoms with van der Waals surface area (Å²) in [6.45, 7) is 0.509. The zero-order valence-corrected chi connectivity index (χ0v) is 16.8. The number of amides is 2. The molecule has 0 aromatic heterocycles. The topological polar surface area (TPSA) is 43.6 Å². The summed E-state index contributed by atoms with van der Waals surface area (Å²) in [5.74, 6) is 0. The van der Waals surface area contributed by atoms with Crippen LogP contribution in [0.1, 0.15) is 16.7 Å². The van der Waals surface area contributed by atoms with Crippen LogP contribution in [0.3, 0.4) is 0 Å². The average Bonchev–Trinajstić information content (AvgIpc) is 3.50. The number of rotatable bonds is 6. The van der Waals surface area contributed by atoms with Gasteiger partial charge in [-0.05, 0) is 29.5 Å². The molecule has 3 aromatic rings. The van der Waals surface area contributed by atoms with Crippen LogP contribution in [-0.2, 0) is 19.4 Å². The van der Waals surface area contributed by atoms with Gasteiger partial charge < -0.3 is 14.9 Å². The highest BCUT2D eigenvalue weighted by atomic mass is 16.3. The fourth-order valence-electron chi connectivity index (χ4n) is 4.79. The highest BCUT2D eigenvalue weighted by molar-refractivity contribution is 5.80. The van der Waals surface area contributed by atoms with Gasteiger partial charge in [0.2, 0.25) is 0 Å². The van der Waals surface area contributed by atoms with E-state index in [1.807, 2.05) is 76.5 Å². The number of aliphatic hydroxyl groups is 1. The summed E-state index contributed by atoms with van der Waals surface area (Å²) >= 11 is 0. The van der Waals surface area contributed by atoms with Gasteiger partial charge in [0.05, 0.1) is 24.2 Å². The first-order chi connectivity index (χ1) is 14.7. The van der Waals surface area contributed by atoms with Crippen LogP contribution in [-0.4, -0.2) is 45.2 Å². The van der Waals surface area contributed by atoms with Crippen LogP contribution in [0, 0.1) is 0 Å². The molecule has 0 bridgehead atoms. The van der Waals surface area contributed by atoms with Gasteiger partial charge in [0.15, 0.2) is 0 Å². The van der Waals surface area contributed by atoms with Crippen LogP contribution in [0.4, 0.5) is 4.79 Å². The lowest BCUT2D eigenvalue weighted by Gasteiger charge is -2.39. The minimum absolute atomic E-state index is 0.0380. The van der Waals surface area contributed by atoms with E-state index >= 15 is 0 Å². The number of benzene rings is 3. The maximum absolute atomic E-state index is 13.5. The van der Waals surface area contributed by atoms with Gasteiger partial charge in [-0.1, -0.05) is 91.0 Å². The Balaban J connectivity index is 1.42. The Morgan fingerprint density at radius 3 is 1.67 bits per heavy atom. The molecule has 4 heteroatoms. The Kier molecular flexibility index (Phi) is 5.01. The Hall–Kier alpha value is -3.11. The lowest BCUT2D eigenvalue weighted by molar-refractivity contribution is 0.0269. The third-order valence-electron chi connectivity index (χ3n) is 6.37. The van der Waals surface area contributed by atoms with Crippen LogP contribution in [0.25, 0.3) is 0 Å². The maximum Gasteiger partial charge on any atom is 0.321 e. The van der Waals surface area contributed by atoms with E-state index < -0.39 is 6.10 Å². The summed E-state index contributed by atoms with van der Waals surface area (Å²) in [6, 6.07) is 30.2. The Labute approximate surface area is 177 Å². The van der Waals surface area contributed by atoms with E-state index in [9.17, 15) is 9.90 Å². The van der Waals surface area contributed by atoms with Crippen LogP contribution in [0.5, 0.6) is 0 Å².